The summed E-state index contributed by atoms with van der Waals surface area (Å²) in [5.74, 6) is 0.359. The molecule has 30 heavy (non-hydrogen) atoms. The van der Waals surface area contributed by atoms with Crippen molar-refractivity contribution in [2.45, 2.75) is 19.3 Å². The van der Waals surface area contributed by atoms with E-state index in [0.717, 1.165) is 18.8 Å². The molecule has 0 atom stereocenters. The Morgan fingerprint density at radius 1 is 0.967 bits per heavy atom. The summed E-state index contributed by atoms with van der Waals surface area (Å²) in [6.07, 6.45) is 5.35. The van der Waals surface area contributed by atoms with Crippen LogP contribution in [0.1, 0.15) is 35.2 Å². The molecule has 0 radical (unpaired) electrons. The average molecular weight is 397 g/mol. The van der Waals surface area contributed by atoms with E-state index in [-0.39, 0.29) is 5.91 Å². The number of benzene rings is 2. The second-order valence-electron chi connectivity index (χ2n) is 7.26. The zero-order valence-corrected chi connectivity index (χ0v) is 16.6. The summed E-state index contributed by atoms with van der Waals surface area (Å²) in [5.41, 5.74) is 3.53. The van der Waals surface area contributed by atoms with E-state index in [9.17, 15) is 4.79 Å². The number of nitrogens with zero attached hydrogens (tertiary/aromatic N) is 3. The van der Waals surface area contributed by atoms with Crippen LogP contribution in [0.5, 0.6) is 0 Å². The summed E-state index contributed by atoms with van der Waals surface area (Å²) in [4.78, 5) is 19.2. The number of piperidine rings is 1. The summed E-state index contributed by atoms with van der Waals surface area (Å²) in [6, 6.07) is 20.8. The van der Waals surface area contributed by atoms with Gasteiger partial charge in [0.05, 0.1) is 16.8 Å². The van der Waals surface area contributed by atoms with Gasteiger partial charge in [0.15, 0.2) is 0 Å². The third-order valence-electron chi connectivity index (χ3n) is 5.18. The van der Waals surface area contributed by atoms with Crippen LogP contribution in [0.3, 0.4) is 0 Å². The summed E-state index contributed by atoms with van der Waals surface area (Å²) >= 11 is 0. The number of hydrogen-bond donors (Lipinski definition) is 2. The minimum Gasteiger partial charge on any atom is -0.372 e. The quantitative estimate of drug-likeness (QED) is 0.637. The number of para-hydroxylation sites is 1. The molecule has 0 unspecified atom stereocenters. The van der Waals surface area contributed by atoms with Crippen LogP contribution in [0.25, 0.3) is 0 Å². The lowest BCUT2D eigenvalue weighted by Gasteiger charge is -2.28. The zero-order chi connectivity index (χ0) is 20.8. The molecule has 6 heteroatoms. The van der Waals surface area contributed by atoms with Crippen molar-refractivity contribution in [2.24, 2.45) is 0 Å². The van der Waals surface area contributed by atoms with Gasteiger partial charge in [-0.15, -0.1) is 0 Å². The zero-order valence-electron chi connectivity index (χ0n) is 16.6. The highest BCUT2D eigenvalue weighted by atomic mass is 16.1. The lowest BCUT2D eigenvalue weighted by Crippen LogP contribution is -2.29. The van der Waals surface area contributed by atoms with E-state index in [4.69, 9.17) is 5.26 Å². The lowest BCUT2D eigenvalue weighted by atomic mass is 10.1. The molecular formula is C24H23N5O. The number of aromatic nitrogens is 1. The van der Waals surface area contributed by atoms with E-state index in [2.05, 4.69) is 38.7 Å². The number of pyridine rings is 1. The molecule has 3 aromatic rings. The third kappa shape index (κ3) is 4.58. The Morgan fingerprint density at radius 2 is 1.73 bits per heavy atom. The molecule has 1 saturated heterocycles. The SMILES string of the molecule is N#Cc1ccccc1NC(=O)c1ccc(Nc2ccc(N3CCCCC3)cc2)nc1. The highest BCUT2D eigenvalue weighted by Crippen LogP contribution is 2.23. The van der Waals surface area contributed by atoms with Crippen LogP contribution in [-0.2, 0) is 0 Å². The first-order valence-corrected chi connectivity index (χ1v) is 10.1. The van der Waals surface area contributed by atoms with Gasteiger partial charge in [-0.25, -0.2) is 4.98 Å². The van der Waals surface area contributed by atoms with Gasteiger partial charge in [0.2, 0.25) is 0 Å². The molecule has 1 aromatic heterocycles. The summed E-state index contributed by atoms with van der Waals surface area (Å²) in [6.45, 7) is 2.24. The Kier molecular flexibility index (Phi) is 5.90. The van der Waals surface area contributed by atoms with Crippen LogP contribution in [0.2, 0.25) is 0 Å². The van der Waals surface area contributed by atoms with Crippen LogP contribution >= 0.6 is 0 Å². The Hall–Kier alpha value is -3.85. The molecule has 2 heterocycles. The summed E-state index contributed by atoms with van der Waals surface area (Å²) in [7, 11) is 0. The van der Waals surface area contributed by atoms with Gasteiger partial charge in [0, 0.05) is 30.7 Å². The molecule has 2 N–H and O–H groups in total. The second-order valence-corrected chi connectivity index (χ2v) is 7.26. The summed E-state index contributed by atoms with van der Waals surface area (Å²) < 4.78 is 0. The normalized spacial score (nSPS) is 13.4. The molecule has 6 nitrogen and oxygen atoms in total. The Labute approximate surface area is 176 Å². The molecule has 0 saturated carbocycles. The Morgan fingerprint density at radius 3 is 2.43 bits per heavy atom. The van der Waals surface area contributed by atoms with Crippen LogP contribution in [0.15, 0.2) is 66.9 Å². The van der Waals surface area contributed by atoms with Crippen LogP contribution < -0.4 is 15.5 Å². The topological polar surface area (TPSA) is 81.0 Å². The molecule has 1 amide bonds. The number of rotatable bonds is 5. The number of nitrogens with one attached hydrogen (secondary N) is 2. The highest BCUT2D eigenvalue weighted by molar-refractivity contribution is 6.04. The minimum atomic E-state index is -0.303. The van der Waals surface area contributed by atoms with Crippen LogP contribution in [-0.4, -0.2) is 24.0 Å². The van der Waals surface area contributed by atoms with Gasteiger partial charge < -0.3 is 15.5 Å². The maximum atomic E-state index is 12.5. The predicted molar refractivity (Wildman–Crippen MR) is 119 cm³/mol. The maximum Gasteiger partial charge on any atom is 0.257 e. The number of anilines is 4. The van der Waals surface area contributed by atoms with Crippen molar-refractivity contribution in [3.05, 3.63) is 78.0 Å². The number of carbonyl (C=O) groups excluding carboxylic acids is 1. The Balaban J connectivity index is 1.38. The molecule has 0 spiro atoms. The fraction of sp³-hybridized carbons (Fsp3) is 0.208. The van der Waals surface area contributed by atoms with Crippen molar-refractivity contribution in [3.63, 3.8) is 0 Å². The fourth-order valence-electron chi connectivity index (χ4n) is 3.54. The first-order chi connectivity index (χ1) is 14.7. The third-order valence-corrected chi connectivity index (χ3v) is 5.18. The number of carbonyl (C=O) groups is 1. The van der Waals surface area contributed by atoms with Gasteiger partial charge in [-0.3, -0.25) is 4.79 Å². The maximum absolute atomic E-state index is 12.5. The van der Waals surface area contributed by atoms with Gasteiger partial charge in [-0.05, 0) is 67.8 Å². The molecule has 1 fully saturated rings. The second kappa shape index (κ2) is 9.10. The van der Waals surface area contributed by atoms with E-state index in [1.165, 1.54) is 31.1 Å². The molecule has 1 aliphatic heterocycles. The monoisotopic (exact) mass is 397 g/mol. The van der Waals surface area contributed by atoms with Gasteiger partial charge in [-0.2, -0.15) is 5.26 Å². The lowest BCUT2D eigenvalue weighted by molar-refractivity contribution is 0.102. The smallest absolute Gasteiger partial charge is 0.257 e. The van der Waals surface area contributed by atoms with E-state index in [1.807, 2.05) is 12.1 Å². The van der Waals surface area contributed by atoms with Crippen molar-refractivity contribution >= 4 is 28.8 Å². The van der Waals surface area contributed by atoms with Gasteiger partial charge >= 0.3 is 0 Å². The van der Waals surface area contributed by atoms with Gasteiger partial charge in [-0.1, -0.05) is 12.1 Å². The molecule has 0 aliphatic carbocycles. The number of nitriles is 1. The minimum absolute atomic E-state index is 0.303. The van der Waals surface area contributed by atoms with Gasteiger partial charge in [0.25, 0.3) is 5.91 Å². The summed E-state index contributed by atoms with van der Waals surface area (Å²) in [5, 5.41) is 15.2. The number of amides is 1. The molecule has 1 aliphatic rings. The standard InChI is InChI=1S/C24H23N5O/c25-16-18-6-2-3-7-22(18)28-24(30)19-8-13-23(26-17-19)27-20-9-11-21(12-10-20)29-14-4-1-5-15-29/h2-3,6-13,17H,1,4-5,14-15H2,(H,26,27)(H,28,30). The molecule has 2 aromatic carbocycles. The largest absolute Gasteiger partial charge is 0.372 e. The van der Waals surface area contributed by atoms with Crippen molar-refractivity contribution in [1.82, 2.24) is 4.98 Å². The molecule has 150 valence electrons. The van der Waals surface area contributed by atoms with Crippen molar-refractivity contribution in [1.29, 1.82) is 5.26 Å². The van der Waals surface area contributed by atoms with Crippen LogP contribution in [0, 0.1) is 11.3 Å². The molecular weight excluding hydrogens is 374 g/mol. The van der Waals surface area contributed by atoms with E-state index >= 15 is 0 Å². The van der Waals surface area contributed by atoms with E-state index < -0.39 is 0 Å². The molecule has 4 rings (SSSR count). The molecule has 0 bridgehead atoms. The van der Waals surface area contributed by atoms with E-state index in [0.29, 0.717) is 22.6 Å². The highest BCUT2D eigenvalue weighted by Gasteiger charge is 2.11. The van der Waals surface area contributed by atoms with Crippen molar-refractivity contribution in [3.8, 4) is 6.07 Å². The van der Waals surface area contributed by atoms with Gasteiger partial charge in [0.1, 0.15) is 11.9 Å². The van der Waals surface area contributed by atoms with Crippen molar-refractivity contribution < 1.29 is 4.79 Å². The first kappa shape index (κ1) is 19.5. The first-order valence-electron chi connectivity index (χ1n) is 10.1. The van der Waals surface area contributed by atoms with Crippen molar-refractivity contribution in [2.75, 3.05) is 28.6 Å². The average Bonchev–Trinajstić information content (AvgIpc) is 2.81. The fourth-order valence-corrected chi connectivity index (χ4v) is 3.54. The Bertz CT molecular complexity index is 1050. The number of hydrogen-bond acceptors (Lipinski definition) is 5. The van der Waals surface area contributed by atoms with E-state index in [1.54, 1.807) is 36.4 Å². The van der Waals surface area contributed by atoms with Crippen LogP contribution in [0.4, 0.5) is 22.9 Å². The predicted octanol–water partition coefficient (Wildman–Crippen LogP) is 4.94.